The number of nitrogens with zero attached hydrogens (tertiary/aromatic N) is 2. The Morgan fingerprint density at radius 3 is 2.24 bits per heavy atom. The Morgan fingerprint density at radius 2 is 1.59 bits per heavy atom. The molecule has 1 heterocycles. The molecule has 0 unspecified atom stereocenters. The van der Waals surface area contributed by atoms with Gasteiger partial charge in [-0.15, -0.1) is 0 Å². The highest BCUT2D eigenvalue weighted by Gasteiger charge is 2.18. The van der Waals surface area contributed by atoms with Crippen molar-refractivity contribution in [2.45, 2.75) is 19.3 Å². The second-order valence-electron chi connectivity index (χ2n) is 7.71. The van der Waals surface area contributed by atoms with E-state index in [0.29, 0.717) is 19.0 Å². The highest BCUT2D eigenvalue weighted by Crippen LogP contribution is 2.17. The summed E-state index contributed by atoms with van der Waals surface area (Å²) in [5, 5.41) is 3.14. The number of hydrogen-bond acceptors (Lipinski definition) is 3. The summed E-state index contributed by atoms with van der Waals surface area (Å²) in [6.45, 7) is 8.26. The third-order valence-electron chi connectivity index (χ3n) is 5.62. The van der Waals surface area contributed by atoms with Crippen molar-refractivity contribution < 1.29 is 4.79 Å². The molecular formula is C25H33N3O. The molecule has 0 spiro atoms. The first-order valence-corrected chi connectivity index (χ1v) is 10.7. The highest BCUT2D eigenvalue weighted by atomic mass is 16.2. The molecule has 1 aliphatic rings. The quantitative estimate of drug-likeness (QED) is 0.709. The molecular weight excluding hydrogens is 358 g/mol. The van der Waals surface area contributed by atoms with E-state index < -0.39 is 0 Å². The second kappa shape index (κ2) is 11.5. The van der Waals surface area contributed by atoms with Crippen molar-refractivity contribution in [3.05, 3.63) is 77.9 Å². The van der Waals surface area contributed by atoms with Gasteiger partial charge >= 0.3 is 0 Å². The largest absolute Gasteiger partial charge is 0.354 e. The molecule has 0 radical (unpaired) electrons. The third-order valence-corrected chi connectivity index (χ3v) is 5.62. The molecule has 0 saturated carbocycles. The maximum atomic E-state index is 12.4. The SMILES string of the molecule is CC[C@H](CNC(=O)CN1CCN(C/C=C/c2ccccc2)CC1)c1ccccc1. The normalized spacial score (nSPS) is 16.7. The van der Waals surface area contributed by atoms with E-state index in [-0.39, 0.29) is 5.91 Å². The first kappa shape index (κ1) is 21.3. The summed E-state index contributed by atoms with van der Waals surface area (Å²) in [6, 6.07) is 20.9. The zero-order valence-electron chi connectivity index (χ0n) is 17.5. The van der Waals surface area contributed by atoms with Crippen molar-refractivity contribution in [3.8, 4) is 0 Å². The molecule has 1 fully saturated rings. The standard InChI is InChI=1S/C25H33N3O/c1-2-23(24-13-7-4-8-14-24)20-26-25(29)21-28-18-16-27(17-19-28)15-9-12-22-10-5-3-6-11-22/h3-14,23H,2,15-21H2,1H3,(H,26,29)/b12-9+/t23-/m1/s1. The van der Waals surface area contributed by atoms with Crippen molar-refractivity contribution in [3.63, 3.8) is 0 Å². The number of amides is 1. The van der Waals surface area contributed by atoms with Gasteiger partial charge in [0.25, 0.3) is 0 Å². The maximum absolute atomic E-state index is 12.4. The van der Waals surface area contributed by atoms with Crippen molar-refractivity contribution in [1.29, 1.82) is 0 Å². The lowest BCUT2D eigenvalue weighted by atomic mass is 9.96. The van der Waals surface area contributed by atoms with Gasteiger partial charge in [0.2, 0.25) is 5.91 Å². The molecule has 1 atom stereocenters. The Bertz CT molecular complexity index is 752. The van der Waals surface area contributed by atoms with Crippen LogP contribution in [0.2, 0.25) is 0 Å². The van der Waals surface area contributed by atoms with Gasteiger partial charge in [-0.05, 0) is 17.5 Å². The van der Waals surface area contributed by atoms with Crippen LogP contribution in [0.1, 0.15) is 30.4 Å². The van der Waals surface area contributed by atoms with Gasteiger partial charge in [-0.2, -0.15) is 0 Å². The smallest absolute Gasteiger partial charge is 0.234 e. The zero-order chi connectivity index (χ0) is 20.3. The minimum atomic E-state index is 0.136. The third kappa shape index (κ3) is 7.15. The van der Waals surface area contributed by atoms with E-state index in [0.717, 1.165) is 39.1 Å². The number of carbonyl (C=O) groups excluding carboxylic acids is 1. The van der Waals surface area contributed by atoms with Crippen LogP contribution in [-0.2, 0) is 4.79 Å². The Balaban J connectivity index is 1.34. The van der Waals surface area contributed by atoms with Gasteiger partial charge in [-0.25, -0.2) is 0 Å². The van der Waals surface area contributed by atoms with E-state index in [1.807, 2.05) is 12.1 Å². The zero-order valence-corrected chi connectivity index (χ0v) is 17.5. The lowest BCUT2D eigenvalue weighted by molar-refractivity contribution is -0.122. The van der Waals surface area contributed by atoms with E-state index in [1.165, 1.54) is 11.1 Å². The van der Waals surface area contributed by atoms with Crippen LogP contribution in [0.5, 0.6) is 0 Å². The molecule has 1 N–H and O–H groups in total. The molecule has 0 bridgehead atoms. The average molecular weight is 392 g/mol. The van der Waals surface area contributed by atoms with E-state index in [9.17, 15) is 4.79 Å². The van der Waals surface area contributed by atoms with Gasteiger partial charge in [0.1, 0.15) is 0 Å². The molecule has 2 aromatic carbocycles. The van der Waals surface area contributed by atoms with Crippen LogP contribution in [0.3, 0.4) is 0 Å². The van der Waals surface area contributed by atoms with Crippen molar-refractivity contribution in [2.75, 3.05) is 45.8 Å². The van der Waals surface area contributed by atoms with Gasteiger partial charge in [-0.1, -0.05) is 79.7 Å². The lowest BCUT2D eigenvalue weighted by Crippen LogP contribution is -2.49. The average Bonchev–Trinajstić information content (AvgIpc) is 2.77. The molecule has 4 nitrogen and oxygen atoms in total. The van der Waals surface area contributed by atoms with Crippen molar-refractivity contribution in [2.24, 2.45) is 0 Å². The van der Waals surface area contributed by atoms with E-state index in [1.54, 1.807) is 0 Å². The first-order valence-electron chi connectivity index (χ1n) is 10.7. The molecule has 1 saturated heterocycles. The predicted molar refractivity (Wildman–Crippen MR) is 121 cm³/mol. The van der Waals surface area contributed by atoms with Crippen LogP contribution in [0.15, 0.2) is 66.7 Å². The lowest BCUT2D eigenvalue weighted by Gasteiger charge is -2.33. The summed E-state index contributed by atoms with van der Waals surface area (Å²) in [5.74, 6) is 0.519. The molecule has 1 amide bonds. The molecule has 29 heavy (non-hydrogen) atoms. The Labute approximate surface area is 175 Å². The van der Waals surface area contributed by atoms with Gasteiger partial charge in [0.15, 0.2) is 0 Å². The monoisotopic (exact) mass is 391 g/mol. The molecule has 1 aliphatic heterocycles. The topological polar surface area (TPSA) is 35.6 Å². The number of benzene rings is 2. The second-order valence-corrected chi connectivity index (χ2v) is 7.71. The highest BCUT2D eigenvalue weighted by molar-refractivity contribution is 5.78. The number of piperazine rings is 1. The minimum absolute atomic E-state index is 0.136. The van der Waals surface area contributed by atoms with Crippen LogP contribution in [0.4, 0.5) is 0 Å². The van der Waals surface area contributed by atoms with Gasteiger partial charge in [-0.3, -0.25) is 14.6 Å². The van der Waals surface area contributed by atoms with Crippen LogP contribution < -0.4 is 5.32 Å². The predicted octanol–water partition coefficient (Wildman–Crippen LogP) is 3.63. The van der Waals surface area contributed by atoms with Crippen LogP contribution in [-0.4, -0.2) is 61.5 Å². The summed E-state index contributed by atoms with van der Waals surface area (Å²) in [7, 11) is 0. The molecule has 4 heteroatoms. The molecule has 0 aromatic heterocycles. The number of hydrogen-bond donors (Lipinski definition) is 1. The van der Waals surface area contributed by atoms with Crippen molar-refractivity contribution in [1.82, 2.24) is 15.1 Å². The van der Waals surface area contributed by atoms with Gasteiger partial charge in [0.05, 0.1) is 6.54 Å². The molecule has 0 aliphatic carbocycles. The van der Waals surface area contributed by atoms with Gasteiger partial charge in [0, 0.05) is 45.2 Å². The first-order chi connectivity index (χ1) is 14.2. The fourth-order valence-electron chi connectivity index (χ4n) is 3.75. The molecule has 154 valence electrons. The minimum Gasteiger partial charge on any atom is -0.354 e. The summed E-state index contributed by atoms with van der Waals surface area (Å²) in [6.07, 6.45) is 5.43. The fraction of sp³-hybridized carbons (Fsp3) is 0.400. The Kier molecular flexibility index (Phi) is 8.47. The number of nitrogens with one attached hydrogen (secondary N) is 1. The fourth-order valence-corrected chi connectivity index (χ4v) is 3.75. The number of rotatable bonds is 9. The summed E-state index contributed by atoms with van der Waals surface area (Å²) >= 11 is 0. The van der Waals surface area contributed by atoms with Crippen LogP contribution in [0, 0.1) is 0 Å². The number of carbonyl (C=O) groups is 1. The van der Waals surface area contributed by atoms with E-state index in [2.05, 4.69) is 82.7 Å². The maximum Gasteiger partial charge on any atom is 0.234 e. The van der Waals surface area contributed by atoms with Crippen LogP contribution in [0.25, 0.3) is 6.08 Å². The summed E-state index contributed by atoms with van der Waals surface area (Å²) in [5.41, 5.74) is 2.54. The Morgan fingerprint density at radius 1 is 0.966 bits per heavy atom. The van der Waals surface area contributed by atoms with Crippen molar-refractivity contribution >= 4 is 12.0 Å². The molecule has 3 rings (SSSR count). The van der Waals surface area contributed by atoms with E-state index >= 15 is 0 Å². The van der Waals surface area contributed by atoms with Gasteiger partial charge < -0.3 is 5.32 Å². The summed E-state index contributed by atoms with van der Waals surface area (Å²) < 4.78 is 0. The Hall–Kier alpha value is -2.43. The molecule has 2 aromatic rings. The van der Waals surface area contributed by atoms with E-state index in [4.69, 9.17) is 0 Å². The summed E-state index contributed by atoms with van der Waals surface area (Å²) in [4.78, 5) is 17.1. The van der Waals surface area contributed by atoms with Crippen LogP contribution >= 0.6 is 0 Å².